The molecule has 0 radical (unpaired) electrons. The van der Waals surface area contributed by atoms with Crippen molar-refractivity contribution in [2.75, 3.05) is 36.4 Å². The normalized spacial score (nSPS) is 19.1. The van der Waals surface area contributed by atoms with Gasteiger partial charge in [0.15, 0.2) is 11.2 Å². The van der Waals surface area contributed by atoms with Crippen LogP contribution in [0.15, 0.2) is 48.4 Å². The predicted octanol–water partition coefficient (Wildman–Crippen LogP) is 3.23. The Labute approximate surface area is 239 Å². The van der Waals surface area contributed by atoms with E-state index in [9.17, 15) is 9.59 Å². The predicted molar refractivity (Wildman–Crippen MR) is 151 cm³/mol. The molecule has 208 valence electrons. The first kappa shape index (κ1) is 24.6. The molecular weight excluding hydrogens is 543 g/mol. The summed E-state index contributed by atoms with van der Waals surface area (Å²) in [5.74, 6) is -0.393. The van der Waals surface area contributed by atoms with E-state index in [1.54, 1.807) is 30.2 Å². The summed E-state index contributed by atoms with van der Waals surface area (Å²) in [5, 5.41) is 8.36. The first-order valence-corrected chi connectivity index (χ1v) is 14.7. The van der Waals surface area contributed by atoms with Crippen molar-refractivity contribution in [1.82, 2.24) is 29.7 Å². The average molecular weight is 571 g/mol. The van der Waals surface area contributed by atoms with Gasteiger partial charge in [0.25, 0.3) is 11.8 Å². The molecule has 2 amide bonds. The van der Waals surface area contributed by atoms with Gasteiger partial charge < -0.3 is 19.7 Å². The Morgan fingerprint density at radius 2 is 2.02 bits per heavy atom. The molecule has 1 aromatic carbocycles. The fourth-order valence-corrected chi connectivity index (χ4v) is 7.07. The van der Waals surface area contributed by atoms with Gasteiger partial charge in [-0.05, 0) is 42.7 Å². The fourth-order valence-electron chi connectivity index (χ4n) is 6.54. The average Bonchev–Trinajstić information content (AvgIpc) is 3.71. The third kappa shape index (κ3) is 3.96. The summed E-state index contributed by atoms with van der Waals surface area (Å²) >= 11 is 1.29. The van der Waals surface area contributed by atoms with Gasteiger partial charge in [-0.15, -0.1) is 11.3 Å². The van der Waals surface area contributed by atoms with Crippen molar-refractivity contribution in [2.24, 2.45) is 5.41 Å². The number of rotatable bonds is 6. The zero-order valence-electron chi connectivity index (χ0n) is 22.1. The molecule has 4 aliphatic rings. The Balaban J connectivity index is 1.09. The van der Waals surface area contributed by atoms with Crippen LogP contribution < -0.4 is 15.5 Å². The van der Waals surface area contributed by atoms with Crippen LogP contribution in [0.3, 0.4) is 0 Å². The number of benzene rings is 1. The highest BCUT2D eigenvalue weighted by molar-refractivity contribution is 7.13. The van der Waals surface area contributed by atoms with Crippen molar-refractivity contribution in [1.29, 1.82) is 0 Å². The first-order valence-electron chi connectivity index (χ1n) is 13.8. The van der Waals surface area contributed by atoms with E-state index in [1.165, 1.54) is 22.3 Å². The van der Waals surface area contributed by atoms with Crippen LogP contribution in [0.5, 0.6) is 0 Å². The Morgan fingerprint density at radius 1 is 1.15 bits per heavy atom. The second-order valence-corrected chi connectivity index (χ2v) is 12.3. The van der Waals surface area contributed by atoms with Gasteiger partial charge >= 0.3 is 0 Å². The van der Waals surface area contributed by atoms with Gasteiger partial charge in [-0.25, -0.2) is 19.3 Å². The number of aryl methyl sites for hydroxylation is 1. The van der Waals surface area contributed by atoms with Crippen LogP contribution in [0.4, 0.5) is 15.3 Å². The number of carbonyl (C=O) groups is 2. The van der Waals surface area contributed by atoms with Gasteiger partial charge in [0.05, 0.1) is 18.6 Å². The highest BCUT2D eigenvalue weighted by Gasteiger charge is 2.48. The summed E-state index contributed by atoms with van der Waals surface area (Å²) in [6, 6.07) is 6.02. The third-order valence-electron chi connectivity index (χ3n) is 8.75. The number of pyridine rings is 1. The van der Waals surface area contributed by atoms with Crippen molar-refractivity contribution >= 4 is 34.1 Å². The van der Waals surface area contributed by atoms with E-state index in [0.717, 1.165) is 62.6 Å². The van der Waals surface area contributed by atoms with Crippen molar-refractivity contribution in [3.63, 3.8) is 0 Å². The number of imidazole rings is 1. The lowest BCUT2D eigenvalue weighted by atomic mass is 9.74. The maximum absolute atomic E-state index is 15.6. The van der Waals surface area contributed by atoms with Crippen LogP contribution in [0.25, 0.3) is 11.1 Å². The summed E-state index contributed by atoms with van der Waals surface area (Å²) in [6.07, 6.45) is 6.76. The topological polar surface area (TPSA) is 108 Å². The quantitative estimate of drug-likeness (QED) is 0.367. The van der Waals surface area contributed by atoms with Crippen LogP contribution in [0.1, 0.15) is 39.8 Å². The van der Waals surface area contributed by atoms with Crippen molar-refractivity contribution in [3.8, 4) is 11.1 Å². The number of nitrogens with zero attached hydrogens (tertiary/aromatic N) is 6. The molecule has 0 bridgehead atoms. The van der Waals surface area contributed by atoms with Crippen LogP contribution in [-0.4, -0.2) is 62.4 Å². The summed E-state index contributed by atoms with van der Waals surface area (Å²) < 4.78 is 17.6. The number of fused-ring (bicyclic) bond motifs is 2. The standard InChI is InChI=1S/C29H27FN8O2S/c30-21-9-18(17-3-4-23(33-10-17)37-14-29(15-37)12-31-13-29)8-19-20(21)11-38(27(19)40)25(26(39)35-28-32-5-7-41-28)24-22-2-1-6-36(22)16-34-24/h3-5,7-10,16,25,31H,1-2,6,11-15H2,(H,32,35,39). The van der Waals surface area contributed by atoms with E-state index in [4.69, 9.17) is 0 Å². The van der Waals surface area contributed by atoms with E-state index in [-0.39, 0.29) is 17.7 Å². The maximum Gasteiger partial charge on any atom is 0.255 e. The number of halogens is 1. The Morgan fingerprint density at radius 3 is 2.76 bits per heavy atom. The van der Waals surface area contributed by atoms with Crippen LogP contribution >= 0.6 is 11.3 Å². The number of nitrogens with one attached hydrogen (secondary N) is 2. The van der Waals surface area contributed by atoms with E-state index in [1.807, 2.05) is 16.7 Å². The second kappa shape index (κ2) is 9.18. The second-order valence-electron chi connectivity index (χ2n) is 11.4. The molecule has 7 heterocycles. The molecule has 2 N–H and O–H groups in total. The Hall–Kier alpha value is -4.16. The lowest BCUT2D eigenvalue weighted by Gasteiger charge is -2.56. The molecular formula is C29H27FN8O2S. The molecule has 0 aliphatic carbocycles. The van der Waals surface area contributed by atoms with Crippen LogP contribution in [-0.2, 0) is 24.3 Å². The van der Waals surface area contributed by atoms with Gasteiger partial charge in [0, 0.05) is 78.3 Å². The molecule has 4 aliphatic heterocycles. The Kier molecular flexibility index (Phi) is 5.51. The third-order valence-corrected chi connectivity index (χ3v) is 9.43. The van der Waals surface area contributed by atoms with Gasteiger partial charge in [-0.3, -0.25) is 14.9 Å². The molecule has 12 heteroatoms. The molecule has 1 spiro atoms. The minimum absolute atomic E-state index is 0.0225. The number of hydrogen-bond acceptors (Lipinski definition) is 8. The van der Waals surface area contributed by atoms with Crippen molar-refractivity contribution < 1.29 is 14.0 Å². The summed E-state index contributed by atoms with van der Waals surface area (Å²) in [6.45, 7) is 4.88. The fraction of sp³-hybridized carbons (Fsp3) is 0.345. The first-order chi connectivity index (χ1) is 20.0. The molecule has 3 aromatic heterocycles. The number of carbonyl (C=O) groups excluding carboxylic acids is 2. The highest BCUT2D eigenvalue weighted by atomic mass is 32.1. The zero-order chi connectivity index (χ0) is 27.7. The molecule has 1 atom stereocenters. The zero-order valence-corrected chi connectivity index (χ0v) is 23.0. The molecule has 2 fully saturated rings. The monoisotopic (exact) mass is 570 g/mol. The molecule has 2 saturated heterocycles. The highest BCUT2D eigenvalue weighted by Crippen LogP contribution is 2.39. The molecule has 4 aromatic rings. The van der Waals surface area contributed by atoms with Gasteiger partial charge in [0.1, 0.15) is 11.6 Å². The van der Waals surface area contributed by atoms with E-state index >= 15 is 4.39 Å². The smallest absolute Gasteiger partial charge is 0.255 e. The molecule has 41 heavy (non-hydrogen) atoms. The number of aromatic nitrogens is 4. The van der Waals surface area contributed by atoms with Crippen molar-refractivity contribution in [2.45, 2.75) is 32.0 Å². The van der Waals surface area contributed by atoms with Crippen LogP contribution in [0.2, 0.25) is 0 Å². The van der Waals surface area contributed by atoms with E-state index < -0.39 is 23.7 Å². The lowest BCUT2D eigenvalue weighted by molar-refractivity contribution is -0.121. The molecule has 10 nitrogen and oxygen atoms in total. The van der Waals surface area contributed by atoms with Gasteiger partial charge in [0.2, 0.25) is 0 Å². The minimum Gasteiger partial charge on any atom is -0.355 e. The van der Waals surface area contributed by atoms with Gasteiger partial charge in [-0.2, -0.15) is 0 Å². The number of hydrogen-bond donors (Lipinski definition) is 2. The van der Waals surface area contributed by atoms with Crippen LogP contribution in [0, 0.1) is 11.2 Å². The van der Waals surface area contributed by atoms with Gasteiger partial charge in [-0.1, -0.05) is 0 Å². The van der Waals surface area contributed by atoms with Crippen molar-refractivity contribution in [3.05, 3.63) is 76.7 Å². The summed E-state index contributed by atoms with van der Waals surface area (Å²) in [7, 11) is 0. The number of anilines is 2. The van der Waals surface area contributed by atoms with E-state index in [2.05, 4.69) is 30.5 Å². The SMILES string of the molecule is O=C(Nc1nccs1)C(c1ncn2c1CCC2)N1Cc2c(F)cc(-c3ccc(N4CC5(CNC5)C4)nc3)cc2C1=O. The molecule has 1 unspecified atom stereocenters. The Bertz CT molecular complexity index is 1670. The lowest BCUT2D eigenvalue weighted by Crippen LogP contribution is -2.71. The largest absolute Gasteiger partial charge is 0.355 e. The molecule has 0 saturated carbocycles. The number of amides is 2. The summed E-state index contributed by atoms with van der Waals surface area (Å²) in [5.41, 5.74) is 3.70. The molecule has 8 rings (SSSR count). The van der Waals surface area contributed by atoms with E-state index in [0.29, 0.717) is 21.8 Å². The number of thiazole rings is 1. The maximum atomic E-state index is 15.6. The summed E-state index contributed by atoms with van der Waals surface area (Å²) in [4.78, 5) is 44.5. The minimum atomic E-state index is -1.01.